The van der Waals surface area contributed by atoms with E-state index in [1.807, 2.05) is 0 Å². The van der Waals surface area contributed by atoms with Crippen LogP contribution in [0, 0.1) is 20.8 Å². The summed E-state index contributed by atoms with van der Waals surface area (Å²) in [5.41, 5.74) is 5.85. The summed E-state index contributed by atoms with van der Waals surface area (Å²) in [7, 11) is -3.53. The van der Waals surface area contributed by atoms with Crippen molar-refractivity contribution in [2.45, 2.75) is 43.8 Å². The molecule has 31 heavy (non-hydrogen) atoms. The van der Waals surface area contributed by atoms with Crippen LogP contribution in [-0.4, -0.2) is 31.7 Å². The maximum absolute atomic E-state index is 13.1. The topological polar surface area (TPSA) is 50.3 Å². The summed E-state index contributed by atoms with van der Waals surface area (Å²) in [6, 6.07) is 9.12. The zero-order chi connectivity index (χ0) is 22.3. The van der Waals surface area contributed by atoms with Gasteiger partial charge in [0.25, 0.3) is 0 Å². The van der Waals surface area contributed by atoms with Crippen molar-refractivity contribution >= 4 is 49.5 Å². The van der Waals surface area contributed by atoms with Gasteiger partial charge in [-0.25, -0.2) is 13.4 Å². The molecule has 2 aromatic carbocycles. The SMILES string of the molecule is Cc1cc(C)c(-c2csc(N3CCC(S(=O)(=O)c4cccc(Cl)c4Cl)CC3)n2)c(C)c1. The smallest absolute Gasteiger partial charge is 0.185 e. The highest BCUT2D eigenvalue weighted by atomic mass is 35.5. The minimum absolute atomic E-state index is 0.111. The van der Waals surface area contributed by atoms with Crippen molar-refractivity contribution in [2.75, 3.05) is 18.0 Å². The number of nitrogens with zero attached hydrogens (tertiary/aromatic N) is 2. The Morgan fingerprint density at radius 3 is 2.35 bits per heavy atom. The molecule has 0 atom stereocenters. The summed E-state index contributed by atoms with van der Waals surface area (Å²) in [6.07, 6.45) is 1.06. The average Bonchev–Trinajstić information content (AvgIpc) is 3.19. The number of sulfone groups is 1. The molecule has 1 saturated heterocycles. The van der Waals surface area contributed by atoms with Gasteiger partial charge in [-0.3, -0.25) is 0 Å². The van der Waals surface area contributed by atoms with Crippen molar-refractivity contribution in [1.82, 2.24) is 4.98 Å². The van der Waals surface area contributed by atoms with Gasteiger partial charge in [-0.15, -0.1) is 11.3 Å². The zero-order valence-electron chi connectivity index (χ0n) is 17.7. The van der Waals surface area contributed by atoms with E-state index in [0.717, 1.165) is 10.8 Å². The van der Waals surface area contributed by atoms with E-state index in [9.17, 15) is 8.42 Å². The number of rotatable bonds is 4. The second-order valence-corrected chi connectivity index (χ2v) is 11.9. The lowest BCUT2D eigenvalue weighted by Gasteiger charge is -2.31. The summed E-state index contributed by atoms with van der Waals surface area (Å²) in [5.74, 6) is 0. The first-order valence-electron chi connectivity index (χ1n) is 10.1. The zero-order valence-corrected chi connectivity index (χ0v) is 20.8. The largest absolute Gasteiger partial charge is 0.348 e. The Balaban J connectivity index is 1.51. The minimum atomic E-state index is -3.53. The van der Waals surface area contributed by atoms with E-state index >= 15 is 0 Å². The highest BCUT2D eigenvalue weighted by Crippen LogP contribution is 2.36. The maximum atomic E-state index is 13.1. The van der Waals surface area contributed by atoms with Gasteiger partial charge < -0.3 is 4.90 Å². The number of halogens is 2. The molecule has 0 radical (unpaired) electrons. The Bertz CT molecular complexity index is 1210. The number of aryl methyl sites for hydroxylation is 3. The van der Waals surface area contributed by atoms with Gasteiger partial charge in [-0.1, -0.05) is 47.0 Å². The molecule has 1 aromatic heterocycles. The van der Waals surface area contributed by atoms with Gasteiger partial charge >= 0.3 is 0 Å². The van der Waals surface area contributed by atoms with Crippen molar-refractivity contribution < 1.29 is 8.42 Å². The molecule has 0 unspecified atom stereocenters. The molecule has 0 N–H and O–H groups in total. The molecule has 0 amide bonds. The fourth-order valence-electron chi connectivity index (χ4n) is 4.35. The molecule has 164 valence electrons. The Morgan fingerprint density at radius 1 is 1.06 bits per heavy atom. The number of hydrogen-bond acceptors (Lipinski definition) is 5. The van der Waals surface area contributed by atoms with Crippen LogP contribution < -0.4 is 4.90 Å². The molecule has 1 fully saturated rings. The van der Waals surface area contributed by atoms with Gasteiger partial charge in [0.05, 0.1) is 25.9 Å². The maximum Gasteiger partial charge on any atom is 0.185 e. The van der Waals surface area contributed by atoms with E-state index in [-0.39, 0.29) is 14.9 Å². The molecule has 0 spiro atoms. The van der Waals surface area contributed by atoms with E-state index < -0.39 is 15.1 Å². The summed E-state index contributed by atoms with van der Waals surface area (Å²) in [5, 5.41) is 2.93. The van der Waals surface area contributed by atoms with Gasteiger partial charge in [-0.2, -0.15) is 0 Å². The molecule has 4 nitrogen and oxygen atoms in total. The number of benzene rings is 2. The fraction of sp³-hybridized carbons (Fsp3) is 0.348. The van der Waals surface area contributed by atoms with Gasteiger partial charge in [0.2, 0.25) is 0 Å². The molecule has 1 aliphatic heterocycles. The number of hydrogen-bond donors (Lipinski definition) is 0. The quantitative estimate of drug-likeness (QED) is 0.416. The van der Waals surface area contributed by atoms with Crippen molar-refractivity contribution in [3.8, 4) is 11.3 Å². The predicted octanol–water partition coefficient (Wildman–Crippen LogP) is 6.48. The number of aromatic nitrogens is 1. The van der Waals surface area contributed by atoms with Crippen LogP contribution >= 0.6 is 34.5 Å². The Kier molecular flexibility index (Phi) is 6.37. The third kappa shape index (κ3) is 4.36. The highest BCUT2D eigenvalue weighted by molar-refractivity contribution is 7.92. The Hall–Kier alpha value is -1.60. The molecule has 8 heteroatoms. The lowest BCUT2D eigenvalue weighted by atomic mass is 9.98. The molecular weight excluding hydrogens is 471 g/mol. The lowest BCUT2D eigenvalue weighted by Crippen LogP contribution is -2.39. The molecule has 0 bridgehead atoms. The van der Waals surface area contributed by atoms with Crippen LogP contribution in [0.4, 0.5) is 5.13 Å². The first kappa shape index (κ1) is 22.6. The average molecular weight is 495 g/mol. The van der Waals surface area contributed by atoms with E-state index in [1.165, 1.54) is 28.3 Å². The first-order chi connectivity index (χ1) is 14.7. The predicted molar refractivity (Wildman–Crippen MR) is 131 cm³/mol. The van der Waals surface area contributed by atoms with Crippen LogP contribution in [0.15, 0.2) is 40.6 Å². The molecular formula is C23H24Cl2N2O2S2. The van der Waals surface area contributed by atoms with Crippen molar-refractivity contribution in [3.05, 3.63) is 62.4 Å². The van der Waals surface area contributed by atoms with Crippen molar-refractivity contribution in [2.24, 2.45) is 0 Å². The second-order valence-electron chi connectivity index (χ2n) is 8.07. The standard InChI is InChI=1S/C23H24Cl2N2O2S2/c1-14-11-15(2)21(16(3)12-14)19-13-30-23(26-19)27-9-7-17(8-10-27)31(28,29)20-6-4-5-18(24)22(20)25/h4-6,11-13,17H,7-10H2,1-3H3. The summed E-state index contributed by atoms with van der Waals surface area (Å²) < 4.78 is 26.2. The molecule has 1 aliphatic rings. The first-order valence-corrected chi connectivity index (χ1v) is 13.3. The van der Waals surface area contributed by atoms with Crippen LogP contribution in [0.3, 0.4) is 0 Å². The number of piperidine rings is 1. The van der Waals surface area contributed by atoms with Gasteiger partial charge in [-0.05, 0) is 56.9 Å². The van der Waals surface area contributed by atoms with Gasteiger partial charge in [0, 0.05) is 24.0 Å². The Morgan fingerprint density at radius 2 is 1.71 bits per heavy atom. The van der Waals surface area contributed by atoms with Crippen molar-refractivity contribution in [1.29, 1.82) is 0 Å². The molecule has 0 aliphatic carbocycles. The highest BCUT2D eigenvalue weighted by Gasteiger charge is 2.33. The van der Waals surface area contributed by atoms with Crippen LogP contribution in [0.2, 0.25) is 10.0 Å². The van der Waals surface area contributed by atoms with E-state index in [0.29, 0.717) is 25.9 Å². The van der Waals surface area contributed by atoms with Crippen LogP contribution in [0.25, 0.3) is 11.3 Å². The van der Waals surface area contributed by atoms with Crippen LogP contribution in [0.5, 0.6) is 0 Å². The lowest BCUT2D eigenvalue weighted by molar-refractivity contribution is 0.529. The van der Waals surface area contributed by atoms with E-state index in [4.69, 9.17) is 28.2 Å². The normalized spacial score (nSPS) is 15.5. The number of thiazole rings is 1. The van der Waals surface area contributed by atoms with Gasteiger partial charge in [0.1, 0.15) is 0 Å². The van der Waals surface area contributed by atoms with E-state index in [1.54, 1.807) is 23.5 Å². The Labute approximate surface area is 197 Å². The molecule has 4 rings (SSSR count). The molecule has 2 heterocycles. The molecule has 3 aromatic rings. The minimum Gasteiger partial charge on any atom is -0.348 e. The van der Waals surface area contributed by atoms with Crippen LogP contribution in [0.1, 0.15) is 29.5 Å². The summed E-state index contributed by atoms with van der Waals surface area (Å²) in [6.45, 7) is 7.62. The second kappa shape index (κ2) is 8.74. The van der Waals surface area contributed by atoms with E-state index in [2.05, 4.69) is 43.2 Å². The van der Waals surface area contributed by atoms with Gasteiger partial charge in [0.15, 0.2) is 15.0 Å². The van der Waals surface area contributed by atoms with Crippen molar-refractivity contribution in [3.63, 3.8) is 0 Å². The number of anilines is 1. The molecule has 0 saturated carbocycles. The third-order valence-corrected chi connectivity index (χ3v) is 9.93. The fourth-order valence-corrected chi connectivity index (χ4v) is 7.72. The summed E-state index contributed by atoms with van der Waals surface area (Å²) in [4.78, 5) is 7.19. The monoisotopic (exact) mass is 494 g/mol. The van der Waals surface area contributed by atoms with Crippen LogP contribution in [-0.2, 0) is 9.84 Å². The third-order valence-electron chi connectivity index (χ3n) is 5.80. The summed E-state index contributed by atoms with van der Waals surface area (Å²) >= 11 is 13.8.